The van der Waals surface area contributed by atoms with Crippen molar-refractivity contribution in [1.29, 1.82) is 0 Å². The summed E-state index contributed by atoms with van der Waals surface area (Å²) in [7, 11) is 0. The van der Waals surface area contributed by atoms with Gasteiger partial charge in [0.05, 0.1) is 16.3 Å². The zero-order chi connectivity index (χ0) is 15.6. The van der Waals surface area contributed by atoms with E-state index in [2.05, 4.69) is 21.2 Å². The highest BCUT2D eigenvalue weighted by molar-refractivity contribution is 9.10. The van der Waals surface area contributed by atoms with Crippen molar-refractivity contribution in [1.82, 2.24) is 0 Å². The van der Waals surface area contributed by atoms with Crippen molar-refractivity contribution >= 4 is 56.3 Å². The van der Waals surface area contributed by atoms with E-state index in [4.69, 9.17) is 29.6 Å². The molecule has 0 radical (unpaired) electrons. The molecule has 21 heavy (non-hydrogen) atoms. The molecule has 108 valence electrons. The molecule has 0 atom stereocenters. The summed E-state index contributed by atoms with van der Waals surface area (Å²) in [6.07, 6.45) is 0. The van der Waals surface area contributed by atoms with Gasteiger partial charge in [0.25, 0.3) is 5.91 Å². The molecule has 0 aliphatic heterocycles. The van der Waals surface area contributed by atoms with Crippen LogP contribution in [0.1, 0.15) is 15.9 Å². The SMILES string of the molecule is NC(=S)c1ccc(Cl)c(NC(=O)c2cc(Br)ccc2O)c1. The smallest absolute Gasteiger partial charge is 0.259 e. The van der Waals surface area contributed by atoms with Crippen molar-refractivity contribution in [3.05, 3.63) is 57.0 Å². The molecular formula is C14H10BrClN2O2S. The van der Waals surface area contributed by atoms with Crippen LogP contribution in [-0.2, 0) is 0 Å². The van der Waals surface area contributed by atoms with Crippen molar-refractivity contribution in [3.8, 4) is 5.75 Å². The first-order valence-corrected chi connectivity index (χ1v) is 7.35. The molecule has 0 bridgehead atoms. The predicted molar refractivity (Wildman–Crippen MR) is 91.1 cm³/mol. The van der Waals surface area contributed by atoms with Gasteiger partial charge in [-0.2, -0.15) is 0 Å². The molecule has 2 rings (SSSR count). The van der Waals surface area contributed by atoms with Crippen LogP contribution < -0.4 is 11.1 Å². The van der Waals surface area contributed by atoms with Crippen LogP contribution in [0.2, 0.25) is 5.02 Å². The van der Waals surface area contributed by atoms with Crippen LogP contribution in [-0.4, -0.2) is 16.0 Å². The second-order valence-corrected chi connectivity index (χ2v) is 5.94. The fraction of sp³-hybridized carbons (Fsp3) is 0. The van der Waals surface area contributed by atoms with Gasteiger partial charge in [-0.05, 0) is 30.3 Å². The Morgan fingerprint density at radius 2 is 2.00 bits per heavy atom. The van der Waals surface area contributed by atoms with E-state index in [1.807, 2.05) is 0 Å². The Bertz CT molecular complexity index is 737. The number of carbonyl (C=O) groups excluding carboxylic acids is 1. The fourth-order valence-electron chi connectivity index (χ4n) is 1.65. The summed E-state index contributed by atoms with van der Waals surface area (Å²) < 4.78 is 0.674. The van der Waals surface area contributed by atoms with Crippen LogP contribution in [0.5, 0.6) is 5.75 Å². The second-order valence-electron chi connectivity index (χ2n) is 4.17. The molecule has 0 aromatic heterocycles. The molecule has 4 N–H and O–H groups in total. The topological polar surface area (TPSA) is 75.3 Å². The van der Waals surface area contributed by atoms with Gasteiger partial charge in [-0.25, -0.2) is 0 Å². The third kappa shape index (κ3) is 3.72. The average Bonchev–Trinajstić information content (AvgIpc) is 2.43. The van der Waals surface area contributed by atoms with E-state index in [1.54, 1.807) is 24.3 Å². The van der Waals surface area contributed by atoms with E-state index in [0.717, 1.165) is 0 Å². The van der Waals surface area contributed by atoms with Gasteiger partial charge in [-0.3, -0.25) is 4.79 Å². The van der Waals surface area contributed by atoms with Gasteiger partial charge in [0.2, 0.25) is 0 Å². The lowest BCUT2D eigenvalue weighted by atomic mass is 10.1. The van der Waals surface area contributed by atoms with Crippen molar-refractivity contribution in [2.24, 2.45) is 5.73 Å². The molecule has 2 aromatic carbocycles. The first-order valence-electron chi connectivity index (χ1n) is 5.77. The standard InChI is InChI=1S/C14H10BrClN2O2S/c15-8-2-4-12(19)9(6-8)14(20)18-11-5-7(13(17)21)1-3-10(11)16/h1-6,19H,(H2,17,21)(H,18,20). The van der Waals surface area contributed by atoms with Crippen LogP contribution >= 0.6 is 39.7 Å². The molecule has 1 amide bonds. The average molecular weight is 386 g/mol. The van der Waals surface area contributed by atoms with Gasteiger partial charge >= 0.3 is 0 Å². The summed E-state index contributed by atoms with van der Waals surface area (Å²) in [4.78, 5) is 12.4. The zero-order valence-corrected chi connectivity index (χ0v) is 13.7. The van der Waals surface area contributed by atoms with Crippen LogP contribution in [0.3, 0.4) is 0 Å². The lowest BCUT2D eigenvalue weighted by Crippen LogP contribution is -2.14. The summed E-state index contributed by atoms with van der Waals surface area (Å²) in [5.41, 5.74) is 6.63. The van der Waals surface area contributed by atoms with Crippen molar-refractivity contribution < 1.29 is 9.90 Å². The number of hydrogen-bond acceptors (Lipinski definition) is 3. The summed E-state index contributed by atoms with van der Waals surface area (Å²) >= 11 is 14.2. The molecule has 0 unspecified atom stereocenters. The normalized spacial score (nSPS) is 10.2. The Labute approximate surface area is 140 Å². The van der Waals surface area contributed by atoms with E-state index in [1.165, 1.54) is 12.1 Å². The minimum atomic E-state index is -0.490. The Balaban J connectivity index is 2.33. The molecule has 4 nitrogen and oxygen atoms in total. The number of amides is 1. The van der Waals surface area contributed by atoms with E-state index in [-0.39, 0.29) is 16.3 Å². The summed E-state index contributed by atoms with van der Waals surface area (Å²) in [5, 5.41) is 12.7. The lowest BCUT2D eigenvalue weighted by Gasteiger charge is -2.10. The van der Waals surface area contributed by atoms with Crippen LogP contribution in [0, 0.1) is 0 Å². The van der Waals surface area contributed by atoms with Crippen LogP contribution in [0.15, 0.2) is 40.9 Å². The van der Waals surface area contributed by atoms with Crippen LogP contribution in [0.25, 0.3) is 0 Å². The molecule has 0 heterocycles. The number of halogens is 2. The minimum absolute atomic E-state index is 0.126. The molecule has 0 fully saturated rings. The third-order valence-electron chi connectivity index (χ3n) is 2.70. The van der Waals surface area contributed by atoms with Crippen molar-refractivity contribution in [2.75, 3.05) is 5.32 Å². The zero-order valence-electron chi connectivity index (χ0n) is 10.6. The lowest BCUT2D eigenvalue weighted by molar-refractivity contribution is 0.102. The number of phenols is 1. The number of rotatable bonds is 3. The maximum absolute atomic E-state index is 12.2. The highest BCUT2D eigenvalue weighted by Crippen LogP contribution is 2.26. The quantitative estimate of drug-likeness (QED) is 0.704. The number of thiocarbonyl (C=S) groups is 1. The van der Waals surface area contributed by atoms with Gasteiger partial charge < -0.3 is 16.2 Å². The molecule has 0 aliphatic carbocycles. The van der Waals surface area contributed by atoms with Gasteiger partial charge in [0.1, 0.15) is 10.7 Å². The first-order chi connectivity index (χ1) is 9.88. The predicted octanol–water partition coefficient (Wildman–Crippen LogP) is 3.69. The molecule has 0 spiro atoms. The largest absolute Gasteiger partial charge is 0.507 e. The number of benzene rings is 2. The second kappa shape index (κ2) is 6.43. The fourth-order valence-corrected chi connectivity index (χ4v) is 2.31. The van der Waals surface area contributed by atoms with Crippen molar-refractivity contribution in [2.45, 2.75) is 0 Å². The van der Waals surface area contributed by atoms with Crippen molar-refractivity contribution in [3.63, 3.8) is 0 Å². The number of nitrogens with two attached hydrogens (primary N) is 1. The minimum Gasteiger partial charge on any atom is -0.507 e. The van der Waals surface area contributed by atoms with E-state index >= 15 is 0 Å². The number of phenolic OH excluding ortho intramolecular Hbond substituents is 1. The third-order valence-corrected chi connectivity index (χ3v) is 3.76. The summed E-state index contributed by atoms with van der Waals surface area (Å²) in [5.74, 6) is -0.617. The molecule has 7 heteroatoms. The molecule has 2 aromatic rings. The Kier molecular flexibility index (Phi) is 4.82. The number of anilines is 1. The Morgan fingerprint density at radius 1 is 1.29 bits per heavy atom. The Hall–Kier alpha value is -1.63. The maximum Gasteiger partial charge on any atom is 0.259 e. The van der Waals surface area contributed by atoms with Gasteiger partial charge in [-0.1, -0.05) is 45.8 Å². The molecule has 0 saturated heterocycles. The number of nitrogens with one attached hydrogen (secondary N) is 1. The maximum atomic E-state index is 12.2. The van der Waals surface area contributed by atoms with E-state index in [9.17, 15) is 9.90 Å². The summed E-state index contributed by atoms with van der Waals surface area (Å²) in [6, 6.07) is 9.40. The highest BCUT2D eigenvalue weighted by Gasteiger charge is 2.14. The van der Waals surface area contributed by atoms with Gasteiger partial charge in [0, 0.05) is 10.0 Å². The molecule has 0 aliphatic rings. The van der Waals surface area contributed by atoms with Gasteiger partial charge in [-0.15, -0.1) is 0 Å². The first kappa shape index (κ1) is 15.8. The number of aromatic hydroxyl groups is 1. The van der Waals surface area contributed by atoms with E-state index < -0.39 is 5.91 Å². The number of hydrogen-bond donors (Lipinski definition) is 3. The molecule has 0 saturated carbocycles. The Morgan fingerprint density at radius 3 is 2.67 bits per heavy atom. The molecular weight excluding hydrogens is 376 g/mol. The van der Waals surface area contributed by atoms with E-state index in [0.29, 0.717) is 20.7 Å². The van der Waals surface area contributed by atoms with Crippen LogP contribution in [0.4, 0.5) is 5.69 Å². The highest BCUT2D eigenvalue weighted by atomic mass is 79.9. The summed E-state index contributed by atoms with van der Waals surface area (Å²) in [6.45, 7) is 0. The monoisotopic (exact) mass is 384 g/mol. The van der Waals surface area contributed by atoms with Gasteiger partial charge in [0.15, 0.2) is 0 Å². The number of carbonyl (C=O) groups is 1.